The van der Waals surface area contributed by atoms with Gasteiger partial charge in [-0.25, -0.2) is 18.2 Å². The third kappa shape index (κ3) is 12.3. The molecule has 0 heterocycles. The fraction of sp³-hybridized carbons (Fsp3) is 0.700. The lowest BCUT2D eigenvalue weighted by Crippen LogP contribution is -2.52. The molecule has 1 unspecified atom stereocenters. The van der Waals surface area contributed by atoms with Gasteiger partial charge in [-0.05, 0) is 63.5 Å². The largest absolute Gasteiger partial charge is 0.469 e. The van der Waals surface area contributed by atoms with Crippen LogP contribution in [0.5, 0.6) is 0 Å². The number of aliphatic hydroxyl groups is 1. The smallest absolute Gasteiger partial charge is 0.428 e. The molecule has 0 bridgehead atoms. The minimum Gasteiger partial charge on any atom is -0.469 e. The molecule has 0 aliphatic carbocycles. The van der Waals surface area contributed by atoms with Crippen molar-refractivity contribution in [3.05, 3.63) is 35.4 Å². The first-order valence-electron chi connectivity index (χ1n) is 14.0. The summed E-state index contributed by atoms with van der Waals surface area (Å²) < 4.78 is 40.2. The van der Waals surface area contributed by atoms with Crippen molar-refractivity contribution in [3.63, 3.8) is 0 Å². The van der Waals surface area contributed by atoms with Crippen LogP contribution < -0.4 is 5.43 Å². The number of hydrogen-bond acceptors (Lipinski definition) is 9. The van der Waals surface area contributed by atoms with Crippen molar-refractivity contribution in [1.82, 2.24) is 10.4 Å². The fourth-order valence-electron chi connectivity index (χ4n) is 4.74. The average Bonchev–Trinajstić information content (AvgIpc) is 2.86. The summed E-state index contributed by atoms with van der Waals surface area (Å²) in [7, 11) is 0.801. The highest BCUT2D eigenvalue weighted by Gasteiger charge is 2.38. The number of methoxy groups -OCH3 is 2. The lowest BCUT2D eigenvalue weighted by Gasteiger charge is -2.33. The van der Waals surface area contributed by atoms with E-state index in [0.717, 1.165) is 10.6 Å². The number of ether oxygens (including phenoxy) is 3. The standard InChI is InChI=1S/C30H50N2O9S/c1-28(2,3)41-27(36)32(7)31-26(35)30(6,15-11-14-29(4,5)21-42(37,38)17-16-33)24-13-10-12-22(19-24)18-23(20-39-8)25(34)40-9/h10,12-13,19,23,33H,11,14-18,20-21H2,1-9H3,(H,31,35)/t23?,30-/m1/s1. The van der Waals surface area contributed by atoms with Gasteiger partial charge in [0, 0.05) is 14.2 Å². The number of hydrogen-bond donors (Lipinski definition) is 2. The molecule has 11 nitrogen and oxygen atoms in total. The molecule has 12 heteroatoms. The molecule has 1 aromatic carbocycles. The van der Waals surface area contributed by atoms with Crippen LogP contribution in [0, 0.1) is 11.3 Å². The molecule has 1 aromatic rings. The van der Waals surface area contributed by atoms with Crippen LogP contribution in [0.2, 0.25) is 0 Å². The van der Waals surface area contributed by atoms with Crippen molar-refractivity contribution in [1.29, 1.82) is 0 Å². The number of aliphatic hydroxyl groups excluding tert-OH is 1. The van der Waals surface area contributed by atoms with Crippen molar-refractivity contribution in [2.45, 2.75) is 78.2 Å². The summed E-state index contributed by atoms with van der Waals surface area (Å²) in [5.74, 6) is -1.76. The number of amides is 2. The van der Waals surface area contributed by atoms with Crippen molar-refractivity contribution in [2.24, 2.45) is 11.3 Å². The number of rotatable bonds is 15. The number of carbonyl (C=O) groups excluding carboxylic acids is 3. The quantitative estimate of drug-likeness (QED) is 0.224. The van der Waals surface area contributed by atoms with E-state index < -0.39 is 56.8 Å². The summed E-state index contributed by atoms with van der Waals surface area (Å²) in [6, 6.07) is 7.34. The van der Waals surface area contributed by atoms with E-state index in [9.17, 15) is 22.8 Å². The van der Waals surface area contributed by atoms with Crippen LogP contribution in [0.3, 0.4) is 0 Å². The summed E-state index contributed by atoms with van der Waals surface area (Å²) in [5.41, 5.74) is 1.65. The molecule has 0 saturated carbocycles. The van der Waals surface area contributed by atoms with Crippen LogP contribution in [0.25, 0.3) is 0 Å². The Bertz CT molecular complexity index is 1160. The van der Waals surface area contributed by atoms with E-state index >= 15 is 0 Å². The van der Waals surface area contributed by atoms with E-state index in [-0.39, 0.29) is 18.1 Å². The normalized spacial score (nSPS) is 14.4. The zero-order valence-corrected chi connectivity index (χ0v) is 27.4. The van der Waals surface area contributed by atoms with E-state index in [1.165, 1.54) is 21.3 Å². The molecular formula is C30H50N2O9S. The topological polar surface area (TPSA) is 149 Å². The van der Waals surface area contributed by atoms with Crippen LogP contribution in [-0.2, 0) is 45.5 Å². The molecule has 0 spiro atoms. The van der Waals surface area contributed by atoms with Crippen LogP contribution in [-0.4, -0.2) is 88.1 Å². The number of hydrazine groups is 1. The molecule has 0 fully saturated rings. The molecule has 0 radical (unpaired) electrons. The van der Waals surface area contributed by atoms with Crippen molar-refractivity contribution < 1.29 is 42.1 Å². The molecule has 2 amide bonds. The predicted molar refractivity (Wildman–Crippen MR) is 160 cm³/mol. The first kappa shape index (κ1) is 37.3. The maximum absolute atomic E-state index is 13.8. The molecular weight excluding hydrogens is 564 g/mol. The minimum absolute atomic E-state index is 0.0885. The van der Waals surface area contributed by atoms with E-state index in [1.54, 1.807) is 33.8 Å². The molecule has 1 rings (SSSR count). The van der Waals surface area contributed by atoms with Gasteiger partial charge in [-0.15, -0.1) is 0 Å². The van der Waals surface area contributed by atoms with Crippen molar-refractivity contribution in [2.75, 3.05) is 46.0 Å². The molecule has 42 heavy (non-hydrogen) atoms. The Balaban J connectivity index is 3.33. The Labute approximate surface area is 251 Å². The SMILES string of the molecule is COCC(Cc1cccc([C@@](C)(CCCC(C)(C)CS(=O)(=O)CCO)C(=O)NN(C)C(=O)OC(C)(C)C)c1)C(=O)OC. The van der Waals surface area contributed by atoms with Crippen LogP contribution in [0.1, 0.15) is 71.9 Å². The lowest BCUT2D eigenvalue weighted by atomic mass is 9.75. The number of carbonyl (C=O) groups is 3. The second-order valence-corrected chi connectivity index (χ2v) is 14.9. The lowest BCUT2D eigenvalue weighted by molar-refractivity contribution is -0.147. The summed E-state index contributed by atoms with van der Waals surface area (Å²) in [6.45, 7) is 10.4. The van der Waals surface area contributed by atoms with Gasteiger partial charge in [0.1, 0.15) is 5.60 Å². The molecule has 0 aliphatic heterocycles. The first-order valence-corrected chi connectivity index (χ1v) is 15.9. The number of nitrogens with one attached hydrogen (secondary N) is 1. The Kier molecular flexibility index (Phi) is 13.9. The molecule has 240 valence electrons. The van der Waals surface area contributed by atoms with Gasteiger partial charge in [0.2, 0.25) is 5.91 Å². The molecule has 2 N–H and O–H groups in total. The van der Waals surface area contributed by atoms with Gasteiger partial charge in [-0.1, -0.05) is 44.5 Å². The van der Waals surface area contributed by atoms with Gasteiger partial charge in [0.25, 0.3) is 0 Å². The van der Waals surface area contributed by atoms with Crippen LogP contribution >= 0.6 is 0 Å². The number of benzene rings is 1. The van der Waals surface area contributed by atoms with Gasteiger partial charge in [0.05, 0.1) is 43.2 Å². The molecule has 2 atom stereocenters. The predicted octanol–water partition coefficient (Wildman–Crippen LogP) is 3.42. The van der Waals surface area contributed by atoms with Gasteiger partial charge in [0.15, 0.2) is 9.84 Å². The third-order valence-corrected chi connectivity index (χ3v) is 8.96. The van der Waals surface area contributed by atoms with Gasteiger partial charge in [-0.3, -0.25) is 15.0 Å². The van der Waals surface area contributed by atoms with Gasteiger partial charge >= 0.3 is 12.1 Å². The first-order chi connectivity index (χ1) is 19.3. The van der Waals surface area contributed by atoms with Gasteiger partial charge < -0.3 is 19.3 Å². The Morgan fingerprint density at radius 3 is 2.24 bits per heavy atom. The number of sulfone groups is 1. The summed E-state index contributed by atoms with van der Waals surface area (Å²) >= 11 is 0. The van der Waals surface area contributed by atoms with Crippen LogP contribution in [0.15, 0.2) is 24.3 Å². The monoisotopic (exact) mass is 614 g/mol. The fourth-order valence-corrected chi connectivity index (χ4v) is 6.50. The maximum atomic E-state index is 13.8. The van der Waals surface area contributed by atoms with Crippen molar-refractivity contribution >= 4 is 27.8 Å². The number of nitrogens with zero attached hydrogens (tertiary/aromatic N) is 1. The summed E-state index contributed by atoms with van der Waals surface area (Å²) in [6.07, 6.45) is 0.954. The molecule has 0 aromatic heterocycles. The highest BCUT2D eigenvalue weighted by atomic mass is 32.2. The zero-order valence-electron chi connectivity index (χ0n) is 26.6. The second-order valence-electron chi connectivity index (χ2n) is 12.7. The molecule has 0 aliphatic rings. The number of esters is 1. The molecule has 0 saturated heterocycles. The van der Waals surface area contributed by atoms with E-state index in [2.05, 4.69) is 5.43 Å². The summed E-state index contributed by atoms with van der Waals surface area (Å²) in [5, 5.41) is 10.1. The van der Waals surface area contributed by atoms with Gasteiger partial charge in [-0.2, -0.15) is 0 Å². The van der Waals surface area contributed by atoms with Crippen LogP contribution in [0.4, 0.5) is 4.79 Å². The van der Waals surface area contributed by atoms with E-state index in [1.807, 2.05) is 32.0 Å². The van der Waals surface area contributed by atoms with Crippen molar-refractivity contribution in [3.8, 4) is 0 Å². The van der Waals surface area contributed by atoms with E-state index in [0.29, 0.717) is 31.2 Å². The zero-order chi connectivity index (χ0) is 32.4. The Morgan fingerprint density at radius 2 is 1.69 bits per heavy atom. The summed E-state index contributed by atoms with van der Waals surface area (Å²) in [4.78, 5) is 38.7. The highest BCUT2D eigenvalue weighted by Crippen LogP contribution is 2.35. The third-order valence-electron chi connectivity index (χ3n) is 6.93. The second kappa shape index (κ2) is 15.7. The Hall–Kier alpha value is -2.70. The Morgan fingerprint density at radius 1 is 1.05 bits per heavy atom. The average molecular weight is 615 g/mol. The highest BCUT2D eigenvalue weighted by molar-refractivity contribution is 7.91. The van der Waals surface area contributed by atoms with E-state index in [4.69, 9.17) is 19.3 Å². The maximum Gasteiger partial charge on any atom is 0.428 e. The minimum atomic E-state index is -3.43.